The average Bonchev–Trinajstić information content (AvgIpc) is 2.75. The molecule has 28 heavy (non-hydrogen) atoms. The van der Waals surface area contributed by atoms with Crippen molar-refractivity contribution in [2.24, 2.45) is 0 Å². The Morgan fingerprint density at radius 3 is 2.21 bits per heavy atom. The standard InChI is InChI=1S/C23H27NO4/c1-6-15-16-7-8-19(25-2)23(28-5)18(16)13-24-10-9-14-11-20(26-3)21(27-4)12-17(14)22(15)24/h7-8,11-12H,6,9-10,13H2,1-5H3. The number of methoxy groups -OCH3 is 4. The van der Waals surface area contributed by atoms with Gasteiger partial charge in [-0.05, 0) is 47.7 Å². The summed E-state index contributed by atoms with van der Waals surface area (Å²) in [5.41, 5.74) is 7.61. The Balaban J connectivity index is 1.97. The Kier molecular flexibility index (Phi) is 4.84. The minimum Gasteiger partial charge on any atom is -0.493 e. The summed E-state index contributed by atoms with van der Waals surface area (Å²) in [4.78, 5) is 2.46. The van der Waals surface area contributed by atoms with Gasteiger partial charge in [-0.2, -0.15) is 0 Å². The van der Waals surface area contributed by atoms with Crippen LogP contribution in [0.15, 0.2) is 24.3 Å². The first-order valence-corrected chi connectivity index (χ1v) is 9.64. The van der Waals surface area contributed by atoms with E-state index in [1.165, 1.54) is 33.5 Å². The molecule has 2 aliphatic rings. The molecule has 0 atom stereocenters. The van der Waals surface area contributed by atoms with Gasteiger partial charge in [-0.1, -0.05) is 13.0 Å². The lowest BCUT2D eigenvalue weighted by molar-refractivity contribution is 0.332. The zero-order valence-electron chi connectivity index (χ0n) is 17.2. The van der Waals surface area contributed by atoms with Gasteiger partial charge >= 0.3 is 0 Å². The van der Waals surface area contributed by atoms with E-state index in [4.69, 9.17) is 18.9 Å². The predicted octanol–water partition coefficient (Wildman–Crippen LogP) is 4.37. The van der Waals surface area contributed by atoms with E-state index in [9.17, 15) is 0 Å². The van der Waals surface area contributed by atoms with Crippen LogP contribution in [0.4, 0.5) is 0 Å². The van der Waals surface area contributed by atoms with Crippen molar-refractivity contribution in [3.05, 3.63) is 46.5 Å². The van der Waals surface area contributed by atoms with Crippen molar-refractivity contribution < 1.29 is 18.9 Å². The number of fused-ring (bicyclic) bond motifs is 4. The molecule has 2 aliphatic heterocycles. The van der Waals surface area contributed by atoms with Crippen molar-refractivity contribution in [3.8, 4) is 23.0 Å². The van der Waals surface area contributed by atoms with Crippen LogP contribution in [-0.2, 0) is 13.0 Å². The molecule has 0 amide bonds. The molecule has 0 aliphatic carbocycles. The molecule has 0 bridgehead atoms. The van der Waals surface area contributed by atoms with Gasteiger partial charge in [0.15, 0.2) is 23.0 Å². The van der Waals surface area contributed by atoms with Crippen molar-refractivity contribution >= 4 is 11.3 Å². The highest BCUT2D eigenvalue weighted by atomic mass is 16.5. The fourth-order valence-electron chi connectivity index (χ4n) is 4.50. The van der Waals surface area contributed by atoms with Crippen molar-refractivity contribution in [1.29, 1.82) is 0 Å². The Hall–Kier alpha value is -2.82. The normalized spacial score (nSPS) is 14.8. The molecule has 5 heteroatoms. The average molecular weight is 381 g/mol. The molecule has 0 unspecified atom stereocenters. The zero-order valence-corrected chi connectivity index (χ0v) is 17.2. The van der Waals surface area contributed by atoms with Gasteiger partial charge in [0.1, 0.15) is 0 Å². The molecule has 0 saturated carbocycles. The van der Waals surface area contributed by atoms with Crippen LogP contribution in [0.1, 0.15) is 35.6 Å². The van der Waals surface area contributed by atoms with Gasteiger partial charge < -0.3 is 23.8 Å². The van der Waals surface area contributed by atoms with Gasteiger partial charge in [0.05, 0.1) is 28.4 Å². The van der Waals surface area contributed by atoms with Gasteiger partial charge in [-0.3, -0.25) is 0 Å². The molecule has 0 fully saturated rings. The smallest absolute Gasteiger partial charge is 0.166 e. The van der Waals surface area contributed by atoms with Gasteiger partial charge in [-0.15, -0.1) is 0 Å². The largest absolute Gasteiger partial charge is 0.493 e. The van der Waals surface area contributed by atoms with Crippen LogP contribution < -0.4 is 18.9 Å². The summed E-state index contributed by atoms with van der Waals surface area (Å²) in [5, 5.41) is 0. The maximum absolute atomic E-state index is 5.73. The topological polar surface area (TPSA) is 40.2 Å². The van der Waals surface area contributed by atoms with Crippen molar-refractivity contribution in [2.75, 3.05) is 35.0 Å². The van der Waals surface area contributed by atoms with Gasteiger partial charge in [0.25, 0.3) is 0 Å². The number of rotatable bonds is 5. The van der Waals surface area contributed by atoms with Gasteiger partial charge in [0.2, 0.25) is 0 Å². The summed E-state index contributed by atoms with van der Waals surface area (Å²) in [7, 11) is 6.78. The van der Waals surface area contributed by atoms with Crippen LogP contribution in [0, 0.1) is 0 Å². The Morgan fingerprint density at radius 2 is 1.57 bits per heavy atom. The second kappa shape index (κ2) is 7.30. The number of allylic oxidation sites excluding steroid dienone is 1. The molecule has 0 radical (unpaired) electrons. The number of hydrogen-bond donors (Lipinski definition) is 0. The van der Waals surface area contributed by atoms with E-state index in [-0.39, 0.29) is 0 Å². The molecular weight excluding hydrogens is 354 g/mol. The fraction of sp³-hybridized carbons (Fsp3) is 0.391. The summed E-state index contributed by atoms with van der Waals surface area (Å²) in [6.45, 7) is 3.98. The Morgan fingerprint density at radius 1 is 0.857 bits per heavy atom. The van der Waals surface area contributed by atoms with Gasteiger partial charge in [-0.25, -0.2) is 0 Å². The zero-order chi connectivity index (χ0) is 19.8. The first-order chi connectivity index (χ1) is 13.7. The molecule has 5 nitrogen and oxygen atoms in total. The highest BCUT2D eigenvalue weighted by molar-refractivity contribution is 5.95. The maximum atomic E-state index is 5.73. The van der Waals surface area contributed by atoms with Crippen LogP contribution in [0.25, 0.3) is 11.3 Å². The maximum Gasteiger partial charge on any atom is 0.166 e. The third-order valence-electron chi connectivity index (χ3n) is 5.79. The van der Waals surface area contributed by atoms with E-state index < -0.39 is 0 Å². The third kappa shape index (κ3) is 2.68. The predicted molar refractivity (Wildman–Crippen MR) is 110 cm³/mol. The van der Waals surface area contributed by atoms with Crippen LogP contribution >= 0.6 is 0 Å². The summed E-state index contributed by atoms with van der Waals surface area (Å²) < 4.78 is 22.4. The van der Waals surface area contributed by atoms with E-state index >= 15 is 0 Å². The summed E-state index contributed by atoms with van der Waals surface area (Å²) >= 11 is 0. The molecule has 2 heterocycles. The van der Waals surface area contributed by atoms with Crippen molar-refractivity contribution in [3.63, 3.8) is 0 Å². The van der Waals surface area contributed by atoms with Crippen LogP contribution in [0.3, 0.4) is 0 Å². The lowest BCUT2D eigenvalue weighted by atomic mass is 9.84. The van der Waals surface area contributed by atoms with E-state index in [0.717, 1.165) is 48.9 Å². The third-order valence-corrected chi connectivity index (χ3v) is 5.79. The molecular formula is C23H27NO4. The molecule has 0 aromatic heterocycles. The van der Waals surface area contributed by atoms with Crippen LogP contribution in [-0.4, -0.2) is 39.9 Å². The first kappa shape index (κ1) is 18.5. The first-order valence-electron chi connectivity index (χ1n) is 9.64. The lowest BCUT2D eigenvalue weighted by Gasteiger charge is -2.40. The lowest BCUT2D eigenvalue weighted by Crippen LogP contribution is -2.33. The van der Waals surface area contributed by atoms with Crippen molar-refractivity contribution in [2.45, 2.75) is 26.3 Å². The molecule has 4 rings (SSSR count). The molecule has 0 N–H and O–H groups in total. The Labute approximate surface area is 166 Å². The van der Waals surface area contributed by atoms with Crippen molar-refractivity contribution in [1.82, 2.24) is 4.90 Å². The number of ether oxygens (including phenoxy) is 4. The second-order valence-electron chi connectivity index (χ2n) is 7.04. The monoisotopic (exact) mass is 381 g/mol. The van der Waals surface area contributed by atoms with E-state index in [1.54, 1.807) is 28.4 Å². The minimum absolute atomic E-state index is 0.768. The SMILES string of the molecule is CCC1=C2c3cc(OC)c(OC)cc3CCN2Cc2c1ccc(OC)c2OC. The molecule has 2 aromatic rings. The molecule has 0 saturated heterocycles. The summed E-state index contributed by atoms with van der Waals surface area (Å²) in [5.74, 6) is 3.17. The minimum atomic E-state index is 0.768. The highest BCUT2D eigenvalue weighted by Gasteiger charge is 2.32. The quantitative estimate of drug-likeness (QED) is 0.769. The Bertz CT molecular complexity index is 948. The number of benzene rings is 2. The number of hydrogen-bond acceptors (Lipinski definition) is 5. The van der Waals surface area contributed by atoms with Crippen LogP contribution in [0.5, 0.6) is 23.0 Å². The fourth-order valence-corrected chi connectivity index (χ4v) is 4.50. The van der Waals surface area contributed by atoms with E-state index in [0.29, 0.717) is 0 Å². The van der Waals surface area contributed by atoms with Gasteiger partial charge in [0, 0.05) is 29.9 Å². The summed E-state index contributed by atoms with van der Waals surface area (Å²) in [6.07, 6.45) is 1.90. The molecule has 2 aromatic carbocycles. The number of nitrogens with zero attached hydrogens (tertiary/aromatic N) is 1. The second-order valence-corrected chi connectivity index (χ2v) is 7.04. The van der Waals surface area contributed by atoms with E-state index in [1.807, 2.05) is 6.07 Å². The van der Waals surface area contributed by atoms with Crippen LogP contribution in [0.2, 0.25) is 0 Å². The molecule has 148 valence electrons. The highest BCUT2D eigenvalue weighted by Crippen LogP contribution is 2.48. The summed E-state index contributed by atoms with van der Waals surface area (Å²) in [6, 6.07) is 8.41. The molecule has 0 spiro atoms. The van der Waals surface area contributed by atoms with E-state index in [2.05, 4.69) is 30.0 Å².